The highest BCUT2D eigenvalue weighted by molar-refractivity contribution is 5.93. The molecule has 0 aliphatic carbocycles. The smallest absolute Gasteiger partial charge is 0.271 e. The summed E-state index contributed by atoms with van der Waals surface area (Å²) in [7, 11) is 0. The minimum Gasteiger partial charge on any atom is -0.337 e. The van der Waals surface area contributed by atoms with Gasteiger partial charge >= 0.3 is 0 Å². The van der Waals surface area contributed by atoms with E-state index < -0.39 is 0 Å². The van der Waals surface area contributed by atoms with Gasteiger partial charge in [-0.1, -0.05) is 12.1 Å². The number of amides is 1. The van der Waals surface area contributed by atoms with E-state index in [2.05, 4.69) is 26.7 Å². The molecule has 1 aliphatic heterocycles. The normalized spacial score (nSPS) is 17.3. The lowest BCUT2D eigenvalue weighted by Crippen LogP contribution is -2.40. The first-order valence-electron chi connectivity index (χ1n) is 9.28. The number of likely N-dealkylation sites (tertiary alicyclic amines) is 1. The van der Waals surface area contributed by atoms with E-state index in [0.29, 0.717) is 30.0 Å². The predicted molar refractivity (Wildman–Crippen MR) is 99.8 cm³/mol. The van der Waals surface area contributed by atoms with Crippen LogP contribution in [0.25, 0.3) is 11.3 Å². The van der Waals surface area contributed by atoms with E-state index in [4.69, 9.17) is 0 Å². The molecule has 140 valence electrons. The first-order chi connectivity index (χ1) is 13.2. The van der Waals surface area contributed by atoms with E-state index in [1.54, 1.807) is 24.3 Å². The molecule has 1 unspecified atom stereocenters. The highest BCUT2D eigenvalue weighted by atomic mass is 19.1. The Balaban J connectivity index is 1.52. The van der Waals surface area contributed by atoms with Gasteiger partial charge in [0.15, 0.2) is 0 Å². The number of aromatic amines is 1. The van der Waals surface area contributed by atoms with E-state index in [0.717, 1.165) is 25.2 Å². The Kier molecular flexibility index (Phi) is 4.75. The van der Waals surface area contributed by atoms with Gasteiger partial charge in [-0.15, -0.1) is 0 Å². The summed E-state index contributed by atoms with van der Waals surface area (Å²) in [6, 6.07) is 8.04. The topological polar surface area (TPSA) is 66.8 Å². The number of nitrogens with one attached hydrogen (secondary N) is 1. The van der Waals surface area contributed by atoms with Crippen molar-refractivity contribution >= 4 is 5.91 Å². The molecule has 0 spiro atoms. The SMILES string of the molecule is CCn1ccnc1C1CCCN(C(=O)c2cc(-c3ccccc3F)n[nH]2)C1. The summed E-state index contributed by atoms with van der Waals surface area (Å²) in [6.07, 6.45) is 5.74. The lowest BCUT2D eigenvalue weighted by atomic mass is 9.96. The summed E-state index contributed by atoms with van der Waals surface area (Å²) in [5, 5.41) is 6.90. The van der Waals surface area contributed by atoms with Crippen molar-refractivity contribution in [2.45, 2.75) is 32.2 Å². The van der Waals surface area contributed by atoms with Crippen molar-refractivity contribution in [3.8, 4) is 11.3 Å². The van der Waals surface area contributed by atoms with Gasteiger partial charge in [-0.2, -0.15) is 5.10 Å². The number of nitrogens with zero attached hydrogens (tertiary/aromatic N) is 4. The van der Waals surface area contributed by atoms with Gasteiger partial charge in [0.05, 0.1) is 5.69 Å². The molecular weight excluding hydrogens is 345 g/mol. The molecule has 0 radical (unpaired) electrons. The van der Waals surface area contributed by atoms with Gasteiger partial charge in [0.1, 0.15) is 17.3 Å². The maximum Gasteiger partial charge on any atom is 0.271 e. The Morgan fingerprint density at radius 3 is 3.04 bits per heavy atom. The van der Waals surface area contributed by atoms with Gasteiger partial charge in [0, 0.05) is 43.5 Å². The summed E-state index contributed by atoms with van der Waals surface area (Å²) < 4.78 is 16.1. The van der Waals surface area contributed by atoms with E-state index in [1.165, 1.54) is 6.07 Å². The van der Waals surface area contributed by atoms with Crippen LogP contribution in [0.5, 0.6) is 0 Å². The van der Waals surface area contributed by atoms with Crippen LogP contribution < -0.4 is 0 Å². The zero-order valence-electron chi connectivity index (χ0n) is 15.2. The van der Waals surface area contributed by atoms with Crippen LogP contribution >= 0.6 is 0 Å². The molecule has 27 heavy (non-hydrogen) atoms. The summed E-state index contributed by atoms with van der Waals surface area (Å²) >= 11 is 0. The third-order valence-corrected chi connectivity index (χ3v) is 5.12. The first-order valence-corrected chi connectivity index (χ1v) is 9.28. The second-order valence-electron chi connectivity index (χ2n) is 6.81. The summed E-state index contributed by atoms with van der Waals surface area (Å²) in [5.41, 5.74) is 1.20. The molecule has 1 saturated heterocycles. The summed E-state index contributed by atoms with van der Waals surface area (Å²) in [4.78, 5) is 19.3. The molecule has 7 heteroatoms. The Bertz CT molecular complexity index is 947. The highest BCUT2D eigenvalue weighted by Gasteiger charge is 2.28. The highest BCUT2D eigenvalue weighted by Crippen LogP contribution is 2.27. The molecule has 4 rings (SSSR count). The van der Waals surface area contributed by atoms with Crippen molar-refractivity contribution in [3.05, 3.63) is 60.1 Å². The number of imidazole rings is 1. The van der Waals surface area contributed by atoms with Crippen molar-refractivity contribution in [2.75, 3.05) is 13.1 Å². The minimum atomic E-state index is -0.354. The van der Waals surface area contributed by atoms with Gasteiger partial charge in [-0.05, 0) is 38.0 Å². The van der Waals surface area contributed by atoms with E-state index >= 15 is 0 Å². The van der Waals surface area contributed by atoms with Crippen molar-refractivity contribution in [2.24, 2.45) is 0 Å². The number of carbonyl (C=O) groups excluding carboxylic acids is 1. The molecule has 2 aromatic heterocycles. The number of halogens is 1. The predicted octanol–water partition coefficient (Wildman–Crippen LogP) is 3.45. The number of piperidine rings is 1. The van der Waals surface area contributed by atoms with Crippen LogP contribution in [0.4, 0.5) is 4.39 Å². The van der Waals surface area contributed by atoms with Crippen LogP contribution in [0.15, 0.2) is 42.7 Å². The third kappa shape index (κ3) is 3.37. The second kappa shape index (κ2) is 7.34. The molecule has 0 saturated carbocycles. The van der Waals surface area contributed by atoms with Crippen LogP contribution in [0, 0.1) is 5.82 Å². The summed E-state index contributed by atoms with van der Waals surface area (Å²) in [5.74, 6) is 0.801. The number of hydrogen-bond donors (Lipinski definition) is 1. The molecule has 0 bridgehead atoms. The fourth-order valence-electron chi connectivity index (χ4n) is 3.73. The third-order valence-electron chi connectivity index (χ3n) is 5.12. The average Bonchev–Trinajstić information content (AvgIpc) is 3.37. The molecule has 3 heterocycles. The van der Waals surface area contributed by atoms with Gasteiger partial charge in [-0.3, -0.25) is 9.89 Å². The van der Waals surface area contributed by atoms with E-state index in [9.17, 15) is 9.18 Å². The van der Waals surface area contributed by atoms with E-state index in [1.807, 2.05) is 17.3 Å². The van der Waals surface area contributed by atoms with Crippen LogP contribution in [-0.2, 0) is 6.54 Å². The van der Waals surface area contributed by atoms with Crippen molar-refractivity contribution < 1.29 is 9.18 Å². The molecule has 1 aliphatic rings. The molecule has 6 nitrogen and oxygen atoms in total. The monoisotopic (exact) mass is 367 g/mol. The number of hydrogen-bond acceptors (Lipinski definition) is 3. The molecule has 1 N–H and O–H groups in total. The van der Waals surface area contributed by atoms with Crippen molar-refractivity contribution in [1.29, 1.82) is 0 Å². The largest absolute Gasteiger partial charge is 0.337 e. The van der Waals surface area contributed by atoms with Crippen LogP contribution in [0.3, 0.4) is 0 Å². The average molecular weight is 367 g/mol. The van der Waals surface area contributed by atoms with Crippen molar-refractivity contribution in [3.63, 3.8) is 0 Å². The molecule has 1 aromatic carbocycles. The molecule has 1 amide bonds. The number of carbonyl (C=O) groups is 1. The standard InChI is InChI=1S/C20H22FN5O/c1-2-25-11-9-22-19(25)14-6-5-10-26(13-14)20(27)18-12-17(23-24-18)15-7-3-4-8-16(15)21/h3-4,7-9,11-12,14H,2,5-6,10,13H2,1H3,(H,23,24). The number of benzene rings is 1. The van der Waals surface area contributed by atoms with Gasteiger partial charge in [-0.25, -0.2) is 9.37 Å². The lowest BCUT2D eigenvalue weighted by Gasteiger charge is -2.32. The lowest BCUT2D eigenvalue weighted by molar-refractivity contribution is 0.0697. The van der Waals surface area contributed by atoms with Crippen LogP contribution in [0.1, 0.15) is 42.0 Å². The fraction of sp³-hybridized carbons (Fsp3) is 0.350. The Morgan fingerprint density at radius 2 is 2.22 bits per heavy atom. The van der Waals surface area contributed by atoms with Crippen LogP contribution in [0.2, 0.25) is 0 Å². The first kappa shape index (κ1) is 17.5. The van der Waals surface area contributed by atoms with Crippen LogP contribution in [-0.4, -0.2) is 43.6 Å². The zero-order valence-corrected chi connectivity index (χ0v) is 15.2. The molecule has 1 atom stereocenters. The molecule has 1 fully saturated rings. The summed E-state index contributed by atoms with van der Waals surface area (Å²) in [6.45, 7) is 4.29. The van der Waals surface area contributed by atoms with Gasteiger partial charge < -0.3 is 9.47 Å². The molecular formula is C20H22FN5O. The van der Waals surface area contributed by atoms with E-state index in [-0.39, 0.29) is 17.6 Å². The number of aromatic nitrogens is 4. The van der Waals surface area contributed by atoms with Gasteiger partial charge in [0.25, 0.3) is 5.91 Å². The molecule has 3 aromatic rings. The Labute approximate surface area is 157 Å². The number of aryl methyl sites for hydroxylation is 1. The maximum absolute atomic E-state index is 14.0. The minimum absolute atomic E-state index is 0.107. The Morgan fingerprint density at radius 1 is 1.37 bits per heavy atom. The quantitative estimate of drug-likeness (QED) is 0.768. The Hall–Kier alpha value is -2.96. The van der Waals surface area contributed by atoms with Gasteiger partial charge in [0.2, 0.25) is 0 Å². The zero-order chi connectivity index (χ0) is 18.8. The fourth-order valence-corrected chi connectivity index (χ4v) is 3.73. The maximum atomic E-state index is 14.0. The number of H-pyrrole nitrogens is 1. The van der Waals surface area contributed by atoms with Crippen molar-refractivity contribution in [1.82, 2.24) is 24.6 Å². The number of rotatable bonds is 4. The second-order valence-corrected chi connectivity index (χ2v) is 6.81.